The average Bonchev–Trinajstić information content (AvgIpc) is 3.15. The van der Waals surface area contributed by atoms with Gasteiger partial charge in [-0.25, -0.2) is 9.97 Å². The molecule has 29 heavy (non-hydrogen) atoms. The second-order valence-electron chi connectivity index (χ2n) is 7.25. The van der Waals surface area contributed by atoms with Gasteiger partial charge < -0.3 is 19.6 Å². The first-order valence-corrected chi connectivity index (χ1v) is 9.65. The lowest BCUT2D eigenvalue weighted by Gasteiger charge is -2.35. The van der Waals surface area contributed by atoms with Crippen LogP contribution in [0.25, 0.3) is 0 Å². The predicted molar refractivity (Wildman–Crippen MR) is 111 cm³/mol. The molecule has 0 radical (unpaired) electrons. The zero-order chi connectivity index (χ0) is 20.4. The molecule has 1 aliphatic heterocycles. The van der Waals surface area contributed by atoms with Crippen molar-refractivity contribution in [1.29, 1.82) is 0 Å². The van der Waals surface area contributed by atoms with Crippen molar-refractivity contribution in [2.45, 2.75) is 20.8 Å². The lowest BCUT2D eigenvalue weighted by molar-refractivity contribution is 0.0736. The summed E-state index contributed by atoms with van der Waals surface area (Å²) in [6, 6.07) is 11.8. The quantitative estimate of drug-likeness (QED) is 0.730. The van der Waals surface area contributed by atoms with Gasteiger partial charge in [0.05, 0.1) is 0 Å². The van der Waals surface area contributed by atoms with Crippen LogP contribution in [0.5, 0.6) is 0 Å². The summed E-state index contributed by atoms with van der Waals surface area (Å²) < 4.78 is 5.02. The highest BCUT2D eigenvalue weighted by molar-refractivity contribution is 5.92. The van der Waals surface area contributed by atoms with Gasteiger partial charge >= 0.3 is 0 Å². The van der Waals surface area contributed by atoms with Gasteiger partial charge in [0.1, 0.15) is 23.2 Å². The third-order valence-corrected chi connectivity index (χ3v) is 4.89. The molecule has 0 bridgehead atoms. The number of nitrogens with one attached hydrogen (secondary N) is 1. The van der Waals surface area contributed by atoms with Crippen LogP contribution in [0.1, 0.15) is 27.6 Å². The SMILES string of the molecule is Cc1ccc(Nc2cc(N3CCN(C(=O)c4cc(C)on4)CC3)nc(C)n2)cc1. The van der Waals surface area contributed by atoms with E-state index >= 15 is 0 Å². The second-order valence-corrected chi connectivity index (χ2v) is 7.25. The zero-order valence-electron chi connectivity index (χ0n) is 16.8. The van der Waals surface area contributed by atoms with Crippen molar-refractivity contribution >= 4 is 23.2 Å². The van der Waals surface area contributed by atoms with E-state index in [1.54, 1.807) is 17.9 Å². The van der Waals surface area contributed by atoms with E-state index in [4.69, 9.17) is 4.52 Å². The molecule has 1 amide bonds. The minimum absolute atomic E-state index is 0.0953. The summed E-state index contributed by atoms with van der Waals surface area (Å²) in [6.45, 7) is 8.33. The summed E-state index contributed by atoms with van der Waals surface area (Å²) in [5.74, 6) is 2.86. The maximum absolute atomic E-state index is 12.5. The molecule has 2 aromatic heterocycles. The Hall–Kier alpha value is -3.42. The lowest BCUT2D eigenvalue weighted by atomic mass is 10.2. The van der Waals surface area contributed by atoms with Crippen LogP contribution in [0.3, 0.4) is 0 Å². The van der Waals surface area contributed by atoms with Crippen molar-refractivity contribution in [3.63, 3.8) is 0 Å². The van der Waals surface area contributed by atoms with Crippen LogP contribution in [0, 0.1) is 20.8 Å². The number of rotatable bonds is 4. The molecule has 8 nitrogen and oxygen atoms in total. The van der Waals surface area contributed by atoms with Gasteiger partial charge in [0.15, 0.2) is 5.69 Å². The third-order valence-electron chi connectivity index (χ3n) is 4.89. The molecule has 150 valence electrons. The van der Waals surface area contributed by atoms with Crippen LogP contribution in [-0.2, 0) is 0 Å². The summed E-state index contributed by atoms with van der Waals surface area (Å²) >= 11 is 0. The van der Waals surface area contributed by atoms with Gasteiger partial charge in [-0.1, -0.05) is 22.9 Å². The molecule has 1 saturated heterocycles. The highest BCUT2D eigenvalue weighted by Gasteiger charge is 2.25. The fourth-order valence-electron chi connectivity index (χ4n) is 3.33. The van der Waals surface area contributed by atoms with E-state index in [9.17, 15) is 4.79 Å². The van der Waals surface area contributed by atoms with Gasteiger partial charge in [-0.15, -0.1) is 0 Å². The van der Waals surface area contributed by atoms with Gasteiger partial charge in [-0.05, 0) is 32.9 Å². The smallest absolute Gasteiger partial charge is 0.276 e. The van der Waals surface area contributed by atoms with Crippen LogP contribution in [-0.4, -0.2) is 52.1 Å². The summed E-state index contributed by atoms with van der Waals surface area (Å²) in [6.07, 6.45) is 0. The summed E-state index contributed by atoms with van der Waals surface area (Å²) in [4.78, 5) is 25.6. The molecule has 3 aromatic rings. The second kappa shape index (κ2) is 7.90. The molecule has 1 aliphatic rings. The fourth-order valence-corrected chi connectivity index (χ4v) is 3.33. The topological polar surface area (TPSA) is 87.4 Å². The number of amides is 1. The number of benzene rings is 1. The van der Waals surface area contributed by atoms with Crippen LogP contribution in [0.15, 0.2) is 40.9 Å². The first-order valence-electron chi connectivity index (χ1n) is 9.65. The van der Waals surface area contributed by atoms with Crippen molar-refractivity contribution in [1.82, 2.24) is 20.0 Å². The van der Waals surface area contributed by atoms with Crippen molar-refractivity contribution in [2.75, 3.05) is 36.4 Å². The minimum Gasteiger partial charge on any atom is -0.361 e. The first kappa shape index (κ1) is 18.9. The summed E-state index contributed by atoms with van der Waals surface area (Å²) in [5.41, 5.74) is 2.56. The molecular formula is C21H24N6O2. The van der Waals surface area contributed by atoms with Gasteiger partial charge in [0.2, 0.25) is 0 Å². The monoisotopic (exact) mass is 392 g/mol. The Morgan fingerprint density at radius 3 is 2.38 bits per heavy atom. The van der Waals surface area contributed by atoms with E-state index < -0.39 is 0 Å². The molecule has 0 aliphatic carbocycles. The fraction of sp³-hybridized carbons (Fsp3) is 0.333. The summed E-state index contributed by atoms with van der Waals surface area (Å²) in [7, 11) is 0. The predicted octanol–water partition coefficient (Wildman–Crippen LogP) is 3.10. The van der Waals surface area contributed by atoms with E-state index in [0.717, 1.165) is 17.3 Å². The largest absolute Gasteiger partial charge is 0.361 e. The zero-order valence-corrected chi connectivity index (χ0v) is 16.8. The van der Waals surface area contributed by atoms with E-state index in [1.165, 1.54) is 5.56 Å². The molecule has 0 saturated carbocycles. The Bertz CT molecular complexity index is 1010. The van der Waals surface area contributed by atoms with Gasteiger partial charge in [-0.2, -0.15) is 0 Å². The molecule has 8 heteroatoms. The van der Waals surface area contributed by atoms with E-state index in [1.807, 2.05) is 25.1 Å². The van der Waals surface area contributed by atoms with Gasteiger partial charge in [-0.3, -0.25) is 4.79 Å². The number of carbonyl (C=O) groups is 1. The number of aromatic nitrogens is 3. The normalized spacial score (nSPS) is 14.2. The van der Waals surface area contributed by atoms with Crippen molar-refractivity contribution in [2.24, 2.45) is 0 Å². The minimum atomic E-state index is -0.0953. The maximum atomic E-state index is 12.5. The highest BCUT2D eigenvalue weighted by Crippen LogP contribution is 2.21. The van der Waals surface area contributed by atoms with Gasteiger partial charge in [0.25, 0.3) is 5.91 Å². The van der Waals surface area contributed by atoms with Crippen LogP contribution in [0.2, 0.25) is 0 Å². The van der Waals surface area contributed by atoms with Gasteiger partial charge in [0, 0.05) is 44.0 Å². The Morgan fingerprint density at radius 2 is 1.72 bits per heavy atom. The number of aryl methyl sites for hydroxylation is 3. The summed E-state index contributed by atoms with van der Waals surface area (Å²) in [5, 5.41) is 7.17. The van der Waals surface area contributed by atoms with Crippen molar-refractivity contribution in [3.8, 4) is 0 Å². The van der Waals surface area contributed by atoms with Crippen LogP contribution in [0.4, 0.5) is 17.3 Å². The molecule has 0 unspecified atom stereocenters. The van der Waals surface area contributed by atoms with Crippen molar-refractivity contribution < 1.29 is 9.32 Å². The third kappa shape index (κ3) is 4.37. The Labute approximate surface area is 169 Å². The molecule has 0 atom stereocenters. The molecule has 1 aromatic carbocycles. The standard InChI is InChI=1S/C21H24N6O2/c1-14-4-6-17(7-5-14)24-19-13-20(23-16(3)22-19)26-8-10-27(11-9-26)21(28)18-12-15(2)29-25-18/h4-7,12-13H,8-11H2,1-3H3,(H,22,23,24). The Morgan fingerprint density at radius 1 is 1.00 bits per heavy atom. The van der Waals surface area contributed by atoms with E-state index in [-0.39, 0.29) is 5.91 Å². The average molecular weight is 392 g/mol. The molecule has 1 fully saturated rings. The number of nitrogens with zero attached hydrogens (tertiary/aromatic N) is 5. The molecular weight excluding hydrogens is 368 g/mol. The Balaban J connectivity index is 1.43. The van der Waals surface area contributed by atoms with E-state index in [0.29, 0.717) is 43.5 Å². The number of carbonyl (C=O) groups excluding carboxylic acids is 1. The van der Waals surface area contributed by atoms with Crippen molar-refractivity contribution in [3.05, 3.63) is 59.2 Å². The lowest BCUT2D eigenvalue weighted by Crippen LogP contribution is -2.49. The van der Waals surface area contributed by atoms with Crippen LogP contribution < -0.4 is 10.2 Å². The number of hydrogen-bond acceptors (Lipinski definition) is 7. The molecule has 4 rings (SSSR count). The number of piperazine rings is 1. The van der Waals surface area contributed by atoms with E-state index in [2.05, 4.69) is 44.4 Å². The maximum Gasteiger partial charge on any atom is 0.276 e. The number of hydrogen-bond donors (Lipinski definition) is 1. The highest BCUT2D eigenvalue weighted by atomic mass is 16.5. The number of anilines is 3. The van der Waals surface area contributed by atoms with Crippen LogP contribution >= 0.6 is 0 Å². The first-order chi connectivity index (χ1) is 14.0. The molecule has 1 N–H and O–H groups in total. The molecule has 0 spiro atoms. The Kier molecular flexibility index (Phi) is 5.16. The molecule has 3 heterocycles.